The number of aromatic nitrogens is 3. The Bertz CT molecular complexity index is 966. The second-order valence-corrected chi connectivity index (χ2v) is 5.78. The summed E-state index contributed by atoms with van der Waals surface area (Å²) in [5, 5.41) is 14.6. The quantitative estimate of drug-likeness (QED) is 0.671. The molecule has 0 aliphatic rings. The van der Waals surface area contributed by atoms with Crippen LogP contribution in [-0.2, 0) is 4.74 Å². The highest BCUT2D eigenvalue weighted by atomic mass is 16.5. The molecule has 2 aromatic heterocycles. The third kappa shape index (κ3) is 3.62. The minimum absolute atomic E-state index is 0.180. The van der Waals surface area contributed by atoms with Gasteiger partial charge in [0.25, 0.3) is 0 Å². The molecule has 2 heterocycles. The second-order valence-electron chi connectivity index (χ2n) is 5.78. The maximum absolute atomic E-state index is 12.1. The maximum Gasteiger partial charge on any atom is 0.345 e. The number of esters is 1. The molecule has 3 aromatic rings. The van der Waals surface area contributed by atoms with Gasteiger partial charge in [-0.25, -0.2) is 9.78 Å². The molecular formula is C20H21N3O4. The Morgan fingerprint density at radius 1 is 1.15 bits per heavy atom. The van der Waals surface area contributed by atoms with Crippen LogP contribution in [0, 0.1) is 6.92 Å². The van der Waals surface area contributed by atoms with E-state index in [2.05, 4.69) is 10.1 Å². The molecule has 0 aliphatic heterocycles. The number of carbonyl (C=O) groups is 1. The fourth-order valence-electron chi connectivity index (χ4n) is 2.68. The Morgan fingerprint density at radius 3 is 2.67 bits per heavy atom. The van der Waals surface area contributed by atoms with E-state index in [1.165, 1.54) is 10.9 Å². The Hall–Kier alpha value is -3.35. The summed E-state index contributed by atoms with van der Waals surface area (Å²) in [5.41, 5.74) is 2.21. The van der Waals surface area contributed by atoms with Crippen molar-refractivity contribution >= 4 is 5.97 Å². The number of phenols is 1. The van der Waals surface area contributed by atoms with Crippen LogP contribution < -0.4 is 4.74 Å². The highest BCUT2D eigenvalue weighted by molar-refractivity contribution is 5.91. The van der Waals surface area contributed by atoms with Crippen LogP contribution in [0.4, 0.5) is 0 Å². The first-order valence-electron chi connectivity index (χ1n) is 8.71. The molecule has 0 saturated heterocycles. The number of aryl methyl sites for hydroxylation is 1. The predicted molar refractivity (Wildman–Crippen MR) is 100 cm³/mol. The number of pyridine rings is 1. The molecule has 3 rings (SSSR count). The maximum atomic E-state index is 12.1. The van der Waals surface area contributed by atoms with Gasteiger partial charge in [0.15, 0.2) is 5.82 Å². The van der Waals surface area contributed by atoms with Crippen LogP contribution in [0.5, 0.6) is 11.6 Å². The first-order valence-corrected chi connectivity index (χ1v) is 8.71. The van der Waals surface area contributed by atoms with Crippen LogP contribution in [0.2, 0.25) is 0 Å². The molecule has 0 spiro atoms. The number of carbonyl (C=O) groups excluding carboxylic acids is 1. The molecule has 1 N–H and O–H groups in total. The van der Waals surface area contributed by atoms with Gasteiger partial charge in [0.05, 0.1) is 25.1 Å². The molecule has 0 aliphatic carbocycles. The number of hydrogen-bond donors (Lipinski definition) is 1. The average Bonchev–Trinajstić information content (AvgIpc) is 3.08. The SMILES string of the molecule is CCOC(=O)c1cnn(-c2cccc(-c3cccc(C)c3O)n2)c1OCC. The number of aromatic hydroxyl groups is 1. The van der Waals surface area contributed by atoms with Gasteiger partial charge in [0.2, 0.25) is 5.88 Å². The first-order chi connectivity index (χ1) is 13.1. The first kappa shape index (κ1) is 18.4. The summed E-state index contributed by atoms with van der Waals surface area (Å²) in [4.78, 5) is 16.7. The molecule has 0 amide bonds. The Labute approximate surface area is 157 Å². The largest absolute Gasteiger partial charge is 0.507 e. The number of rotatable bonds is 6. The summed E-state index contributed by atoms with van der Waals surface area (Å²) < 4.78 is 12.1. The lowest BCUT2D eigenvalue weighted by Gasteiger charge is -2.11. The van der Waals surface area contributed by atoms with Crippen LogP contribution in [0.1, 0.15) is 29.8 Å². The van der Waals surface area contributed by atoms with Gasteiger partial charge in [-0.1, -0.05) is 18.2 Å². The van der Waals surface area contributed by atoms with E-state index in [0.717, 1.165) is 5.56 Å². The van der Waals surface area contributed by atoms with E-state index in [0.29, 0.717) is 23.7 Å². The number of para-hydroxylation sites is 1. The van der Waals surface area contributed by atoms with E-state index in [1.807, 2.05) is 26.0 Å². The third-order valence-electron chi connectivity index (χ3n) is 3.97. The standard InChI is InChI=1S/C20H21N3O4/c1-4-26-19-15(20(25)27-5-2)12-21-23(19)17-11-7-10-16(22-17)14-9-6-8-13(3)18(14)24/h6-12,24H,4-5H2,1-3H3. The van der Waals surface area contributed by atoms with Crippen LogP contribution in [-0.4, -0.2) is 39.1 Å². The van der Waals surface area contributed by atoms with E-state index in [1.54, 1.807) is 31.2 Å². The highest BCUT2D eigenvalue weighted by Gasteiger charge is 2.22. The molecule has 7 nitrogen and oxygen atoms in total. The summed E-state index contributed by atoms with van der Waals surface area (Å²) >= 11 is 0. The van der Waals surface area contributed by atoms with E-state index in [4.69, 9.17) is 9.47 Å². The molecule has 1 aromatic carbocycles. The van der Waals surface area contributed by atoms with Gasteiger partial charge in [-0.2, -0.15) is 9.78 Å². The summed E-state index contributed by atoms with van der Waals surface area (Å²) in [5.74, 6) is 0.418. The van der Waals surface area contributed by atoms with Crippen molar-refractivity contribution in [3.8, 4) is 28.7 Å². The molecule has 0 unspecified atom stereocenters. The van der Waals surface area contributed by atoms with Crippen molar-refractivity contribution in [2.75, 3.05) is 13.2 Å². The topological polar surface area (TPSA) is 86.5 Å². The normalized spacial score (nSPS) is 10.6. The average molecular weight is 367 g/mol. The van der Waals surface area contributed by atoms with Gasteiger partial charge in [-0.15, -0.1) is 0 Å². The number of phenolic OH excluding ortho intramolecular Hbond substituents is 1. The van der Waals surface area contributed by atoms with Crippen LogP contribution in [0.15, 0.2) is 42.6 Å². The zero-order valence-electron chi connectivity index (χ0n) is 15.5. The summed E-state index contributed by atoms with van der Waals surface area (Å²) in [7, 11) is 0. The molecule has 0 fully saturated rings. The van der Waals surface area contributed by atoms with Gasteiger partial charge < -0.3 is 14.6 Å². The molecule has 0 saturated carbocycles. The second kappa shape index (κ2) is 7.90. The zero-order chi connectivity index (χ0) is 19.4. The lowest BCUT2D eigenvalue weighted by molar-refractivity contribution is 0.0521. The fourth-order valence-corrected chi connectivity index (χ4v) is 2.68. The molecule has 140 valence electrons. The van der Waals surface area contributed by atoms with Crippen molar-refractivity contribution < 1.29 is 19.4 Å². The van der Waals surface area contributed by atoms with E-state index < -0.39 is 5.97 Å². The summed E-state index contributed by atoms with van der Waals surface area (Å²) in [6.45, 7) is 6.00. The Morgan fingerprint density at radius 2 is 1.93 bits per heavy atom. The third-order valence-corrected chi connectivity index (χ3v) is 3.97. The van der Waals surface area contributed by atoms with Gasteiger partial charge in [0, 0.05) is 5.56 Å². The van der Waals surface area contributed by atoms with Crippen molar-refractivity contribution in [2.24, 2.45) is 0 Å². The monoisotopic (exact) mass is 367 g/mol. The summed E-state index contributed by atoms with van der Waals surface area (Å²) in [6, 6.07) is 10.8. The summed E-state index contributed by atoms with van der Waals surface area (Å²) in [6.07, 6.45) is 1.40. The van der Waals surface area contributed by atoms with Crippen molar-refractivity contribution in [3.05, 3.63) is 53.7 Å². The number of ether oxygens (including phenoxy) is 2. The van der Waals surface area contributed by atoms with Gasteiger partial charge in [0.1, 0.15) is 11.3 Å². The van der Waals surface area contributed by atoms with E-state index in [9.17, 15) is 9.90 Å². The predicted octanol–water partition coefficient (Wildman–Crippen LogP) is 3.52. The van der Waals surface area contributed by atoms with E-state index in [-0.39, 0.29) is 23.8 Å². The minimum Gasteiger partial charge on any atom is -0.507 e. The van der Waals surface area contributed by atoms with Gasteiger partial charge in [-0.3, -0.25) is 0 Å². The Balaban J connectivity index is 2.07. The van der Waals surface area contributed by atoms with Crippen molar-refractivity contribution in [1.29, 1.82) is 0 Å². The highest BCUT2D eigenvalue weighted by Crippen LogP contribution is 2.31. The number of nitrogens with zero attached hydrogens (tertiary/aromatic N) is 3. The van der Waals surface area contributed by atoms with Crippen LogP contribution >= 0.6 is 0 Å². The Kier molecular flexibility index (Phi) is 5.40. The van der Waals surface area contributed by atoms with Crippen LogP contribution in [0.25, 0.3) is 17.1 Å². The lowest BCUT2D eigenvalue weighted by Crippen LogP contribution is -2.09. The van der Waals surface area contributed by atoms with Crippen LogP contribution in [0.3, 0.4) is 0 Å². The molecule has 0 radical (unpaired) electrons. The van der Waals surface area contributed by atoms with Crippen molar-refractivity contribution in [2.45, 2.75) is 20.8 Å². The number of benzene rings is 1. The van der Waals surface area contributed by atoms with E-state index >= 15 is 0 Å². The molecule has 27 heavy (non-hydrogen) atoms. The fraction of sp³-hybridized carbons (Fsp3) is 0.250. The molecule has 7 heteroatoms. The minimum atomic E-state index is -0.500. The van der Waals surface area contributed by atoms with Gasteiger partial charge in [-0.05, 0) is 44.5 Å². The van der Waals surface area contributed by atoms with Crippen molar-refractivity contribution in [1.82, 2.24) is 14.8 Å². The lowest BCUT2D eigenvalue weighted by atomic mass is 10.1. The molecular weight excluding hydrogens is 346 g/mol. The molecule has 0 bridgehead atoms. The molecule has 0 atom stereocenters. The van der Waals surface area contributed by atoms with Crippen molar-refractivity contribution in [3.63, 3.8) is 0 Å². The number of hydrogen-bond acceptors (Lipinski definition) is 6. The smallest absolute Gasteiger partial charge is 0.345 e. The van der Waals surface area contributed by atoms with Gasteiger partial charge >= 0.3 is 5.97 Å². The zero-order valence-corrected chi connectivity index (χ0v) is 15.5.